The Hall–Kier alpha value is -4.67. The third kappa shape index (κ3) is 7.92. The lowest BCUT2D eigenvalue weighted by Gasteiger charge is -2.31. The van der Waals surface area contributed by atoms with E-state index in [2.05, 4.69) is 0 Å². The predicted molar refractivity (Wildman–Crippen MR) is 153 cm³/mol. The van der Waals surface area contributed by atoms with Gasteiger partial charge in [0.25, 0.3) is 0 Å². The minimum absolute atomic E-state index is 0.0231. The molecule has 212 valence electrons. The summed E-state index contributed by atoms with van der Waals surface area (Å²) in [6, 6.07) is 11.5. The molecule has 2 aromatic carbocycles. The second kappa shape index (κ2) is 13.4. The van der Waals surface area contributed by atoms with Crippen LogP contribution in [0.15, 0.2) is 53.0 Å². The molecule has 0 bridgehead atoms. The second-order valence-corrected chi connectivity index (χ2v) is 9.78. The molecule has 2 aromatic rings. The first-order chi connectivity index (χ1) is 19.0. The number of hydrogen-bond donors (Lipinski definition) is 5. The van der Waals surface area contributed by atoms with Gasteiger partial charge >= 0.3 is 11.9 Å². The number of carbonyl (C=O) groups excluding carboxylic acids is 1. The van der Waals surface area contributed by atoms with Crippen LogP contribution in [0.2, 0.25) is 0 Å². The maximum absolute atomic E-state index is 13.0. The van der Waals surface area contributed by atoms with Crippen LogP contribution < -0.4 is 10.6 Å². The van der Waals surface area contributed by atoms with Gasteiger partial charge in [-0.1, -0.05) is 35.9 Å². The van der Waals surface area contributed by atoms with Crippen molar-refractivity contribution in [3.8, 4) is 5.75 Å². The second-order valence-electron chi connectivity index (χ2n) is 9.78. The Morgan fingerprint density at radius 3 is 2.40 bits per heavy atom. The van der Waals surface area contributed by atoms with Gasteiger partial charge in [-0.05, 0) is 50.5 Å². The smallest absolute Gasteiger partial charge is 0.341 e. The number of carboxylic acids is 2. The van der Waals surface area contributed by atoms with E-state index in [-0.39, 0.29) is 24.7 Å². The molecule has 0 saturated carbocycles. The Labute approximate surface area is 232 Å². The zero-order valence-corrected chi connectivity index (χ0v) is 22.6. The van der Waals surface area contributed by atoms with Crippen LogP contribution in [0.4, 0.5) is 5.69 Å². The van der Waals surface area contributed by atoms with E-state index in [1.165, 1.54) is 23.1 Å². The van der Waals surface area contributed by atoms with Gasteiger partial charge in [-0.15, -0.1) is 0 Å². The van der Waals surface area contributed by atoms with E-state index in [9.17, 15) is 24.6 Å². The number of piperidine rings is 1. The van der Waals surface area contributed by atoms with Crippen molar-refractivity contribution in [2.24, 2.45) is 10.7 Å². The van der Waals surface area contributed by atoms with E-state index in [0.29, 0.717) is 17.2 Å². The molecule has 11 heteroatoms. The van der Waals surface area contributed by atoms with E-state index in [4.69, 9.17) is 21.2 Å². The molecule has 3 rings (SSSR count). The minimum atomic E-state index is -1.41. The topological polar surface area (TPSA) is 181 Å². The molecule has 0 unspecified atom stereocenters. The molecular formula is C29H35N5O6. The highest BCUT2D eigenvalue weighted by atomic mass is 16.4. The third-order valence-corrected chi connectivity index (χ3v) is 6.64. The Morgan fingerprint density at radius 2 is 1.77 bits per heavy atom. The first-order valence-electron chi connectivity index (χ1n) is 12.9. The van der Waals surface area contributed by atoms with Crippen LogP contribution >= 0.6 is 0 Å². The summed E-state index contributed by atoms with van der Waals surface area (Å²) in [5, 5.41) is 36.6. The largest absolute Gasteiger partial charge is 0.507 e. The summed E-state index contributed by atoms with van der Waals surface area (Å²) in [4.78, 5) is 43.8. The number of nitrogens with one attached hydrogen (secondary N) is 1. The monoisotopic (exact) mass is 549 g/mol. The molecule has 0 spiro atoms. The van der Waals surface area contributed by atoms with Gasteiger partial charge in [0.1, 0.15) is 17.1 Å². The van der Waals surface area contributed by atoms with Crippen LogP contribution in [0, 0.1) is 5.41 Å². The molecular weight excluding hydrogens is 514 g/mol. The van der Waals surface area contributed by atoms with Crippen molar-refractivity contribution in [3.05, 3.63) is 64.7 Å². The molecule has 1 aliphatic rings. The number of aromatic hydroxyl groups is 1. The van der Waals surface area contributed by atoms with Crippen LogP contribution in [0.5, 0.6) is 5.75 Å². The number of amides is 1. The lowest BCUT2D eigenvalue weighted by Crippen LogP contribution is -2.38. The fourth-order valence-corrected chi connectivity index (χ4v) is 4.60. The van der Waals surface area contributed by atoms with Crippen LogP contribution in [-0.4, -0.2) is 75.4 Å². The summed E-state index contributed by atoms with van der Waals surface area (Å²) in [7, 11) is 0. The molecule has 1 fully saturated rings. The van der Waals surface area contributed by atoms with Crippen molar-refractivity contribution in [1.82, 2.24) is 4.90 Å². The van der Waals surface area contributed by atoms with Gasteiger partial charge in [0.2, 0.25) is 5.91 Å². The molecule has 0 aliphatic carbocycles. The van der Waals surface area contributed by atoms with Gasteiger partial charge in [-0.2, -0.15) is 0 Å². The lowest BCUT2D eigenvalue weighted by molar-refractivity contribution is -0.138. The molecule has 11 nitrogen and oxygen atoms in total. The average molecular weight is 550 g/mol. The number of aromatic carboxylic acids is 1. The summed E-state index contributed by atoms with van der Waals surface area (Å²) in [5.41, 5.74) is 8.08. The van der Waals surface area contributed by atoms with E-state index in [0.717, 1.165) is 37.1 Å². The van der Waals surface area contributed by atoms with Crippen molar-refractivity contribution in [3.63, 3.8) is 0 Å². The molecule has 0 atom stereocenters. The quantitative estimate of drug-likeness (QED) is 0.220. The van der Waals surface area contributed by atoms with Crippen molar-refractivity contribution in [2.45, 2.75) is 45.6 Å². The van der Waals surface area contributed by atoms with E-state index >= 15 is 0 Å². The first-order valence-corrected chi connectivity index (χ1v) is 12.9. The zero-order valence-electron chi connectivity index (χ0n) is 22.6. The average Bonchev–Trinajstić information content (AvgIpc) is 2.90. The molecule has 0 radical (unpaired) electrons. The van der Waals surface area contributed by atoms with Crippen molar-refractivity contribution in [1.29, 1.82) is 5.41 Å². The van der Waals surface area contributed by atoms with Gasteiger partial charge in [-0.3, -0.25) is 20.0 Å². The summed E-state index contributed by atoms with van der Waals surface area (Å²) < 4.78 is 0. The molecule has 1 heterocycles. The number of benzene rings is 2. The minimum Gasteiger partial charge on any atom is -0.507 e. The fourth-order valence-electron chi connectivity index (χ4n) is 4.60. The highest BCUT2D eigenvalue weighted by Crippen LogP contribution is 2.30. The predicted octanol–water partition coefficient (Wildman–Crippen LogP) is 3.56. The number of aliphatic imine (C=N–C) groups is 1. The molecule has 1 aliphatic heterocycles. The maximum atomic E-state index is 13.0. The molecule has 6 N–H and O–H groups in total. The number of likely N-dealkylation sites (tertiary alicyclic amines) is 1. The van der Waals surface area contributed by atoms with Crippen LogP contribution in [0.3, 0.4) is 0 Å². The molecule has 1 amide bonds. The van der Waals surface area contributed by atoms with Gasteiger partial charge in [0, 0.05) is 31.6 Å². The number of hydrogen-bond acceptors (Lipinski definition) is 6. The number of carbonyl (C=O) groups is 3. The van der Waals surface area contributed by atoms with Crippen molar-refractivity contribution in [2.75, 3.05) is 24.5 Å². The third-order valence-electron chi connectivity index (χ3n) is 6.64. The summed E-state index contributed by atoms with van der Waals surface area (Å²) in [5.74, 6) is -2.68. The van der Waals surface area contributed by atoms with Gasteiger partial charge < -0.3 is 30.9 Å². The summed E-state index contributed by atoms with van der Waals surface area (Å²) >= 11 is 0. The summed E-state index contributed by atoms with van der Waals surface area (Å²) in [6.07, 6.45) is 2.70. The van der Waals surface area contributed by atoms with Crippen LogP contribution in [0.1, 0.15) is 61.0 Å². The Morgan fingerprint density at radius 1 is 1.10 bits per heavy atom. The van der Waals surface area contributed by atoms with E-state index in [1.54, 1.807) is 13.8 Å². The van der Waals surface area contributed by atoms with Crippen LogP contribution in [-0.2, 0) is 9.59 Å². The van der Waals surface area contributed by atoms with Gasteiger partial charge in [-0.25, -0.2) is 4.79 Å². The van der Waals surface area contributed by atoms with E-state index < -0.39 is 35.6 Å². The highest BCUT2D eigenvalue weighted by molar-refractivity contribution is 6.04. The molecule has 40 heavy (non-hydrogen) atoms. The van der Waals surface area contributed by atoms with Crippen LogP contribution in [0.25, 0.3) is 6.08 Å². The number of amidine groups is 2. The van der Waals surface area contributed by atoms with Gasteiger partial charge in [0.15, 0.2) is 0 Å². The number of anilines is 1. The summed E-state index contributed by atoms with van der Waals surface area (Å²) in [6.45, 7) is 5.05. The number of aliphatic carboxylic acids is 1. The number of phenols is 1. The highest BCUT2D eigenvalue weighted by Gasteiger charge is 2.25. The molecule has 0 aromatic heterocycles. The Bertz CT molecular complexity index is 1340. The number of nitrogens with zero attached hydrogens (tertiary/aromatic N) is 3. The Kier molecular flexibility index (Phi) is 10.0. The Balaban J connectivity index is 1.84. The van der Waals surface area contributed by atoms with E-state index in [1.807, 2.05) is 35.2 Å². The number of nitrogens with two attached hydrogens (primary N) is 1. The maximum Gasteiger partial charge on any atom is 0.341 e. The van der Waals surface area contributed by atoms with Crippen molar-refractivity contribution < 1.29 is 29.7 Å². The van der Waals surface area contributed by atoms with Crippen molar-refractivity contribution >= 4 is 41.3 Å². The lowest BCUT2D eigenvalue weighted by atomic mass is 10.0. The number of rotatable bonds is 10. The normalized spacial score (nSPS) is 14.6. The molecule has 1 saturated heterocycles. The van der Waals surface area contributed by atoms with Gasteiger partial charge in [0.05, 0.1) is 24.0 Å². The fraction of sp³-hybridized carbons (Fsp3) is 0.345. The standard InChI is InChI=1S/C29H35N5O6/c1-18(17-34(25(36)9-10-26(37)38)23-7-4-8-24(35)27(23)29(39)40)15-20-5-3-6-21(16-20)28(31)32-22-11-13-33(14-12-22)19(2)30/h3-8,15-16,22,30,35H,9-14,17H2,1-2H3,(H2,31,32)(H,37,38)(H,39,40)/b18-15+,30-19?. The first kappa shape index (κ1) is 29.9. The SMILES string of the molecule is CC(=N)N1CCC(N=C(N)c2cccc(/C=C(\C)CN(C(=O)CCC(=O)O)c3cccc(O)c3C(=O)O)c2)CC1. The number of carboxylic acid groups (broad SMARTS) is 2. The zero-order chi connectivity index (χ0) is 29.4.